The van der Waals surface area contributed by atoms with Crippen molar-refractivity contribution >= 4 is 14.7 Å². The first-order valence-corrected chi connectivity index (χ1v) is 12.2. The zero-order valence-corrected chi connectivity index (χ0v) is 20.0. The molecule has 1 heteroatoms. The second-order valence-electron chi connectivity index (χ2n) is 8.53. The van der Waals surface area contributed by atoms with Gasteiger partial charge < -0.3 is 0 Å². The summed E-state index contributed by atoms with van der Waals surface area (Å²) in [7, 11) is -0.416. The summed E-state index contributed by atoms with van der Waals surface area (Å²) >= 11 is 0. The first-order chi connectivity index (χ1) is 12.3. The lowest BCUT2D eigenvalue weighted by atomic mass is 9.95. The van der Waals surface area contributed by atoms with E-state index >= 15 is 0 Å². The Morgan fingerprint density at radius 1 is 0.885 bits per heavy atom. The van der Waals surface area contributed by atoms with E-state index in [9.17, 15) is 0 Å². The highest BCUT2D eigenvalue weighted by atomic mass is 28.2. The molecule has 0 saturated heterocycles. The molecule has 0 fully saturated rings. The molecule has 0 spiro atoms. The Balaban J connectivity index is 2.42. The maximum absolute atomic E-state index is 2.54. The molecule has 0 amide bonds. The average Bonchev–Trinajstić information content (AvgIpc) is 3.04. The summed E-state index contributed by atoms with van der Waals surface area (Å²) in [5, 5.41) is 3.58. The van der Waals surface area contributed by atoms with Crippen molar-refractivity contribution in [2.24, 2.45) is 11.8 Å². The highest BCUT2D eigenvalue weighted by molar-refractivity contribution is 6.62. The van der Waals surface area contributed by atoms with Gasteiger partial charge in [-0.05, 0) is 92.7 Å². The first kappa shape index (κ1) is 21.2. The normalized spacial score (nSPS) is 18.5. The fourth-order valence-electron chi connectivity index (χ4n) is 4.51. The Labute approximate surface area is 165 Å². The molecule has 0 bridgehead atoms. The van der Waals surface area contributed by atoms with Crippen LogP contribution in [0.4, 0.5) is 0 Å². The lowest BCUT2D eigenvalue weighted by molar-refractivity contribution is 0.602. The number of unbranched alkanes of at least 4 members (excludes halogenated alkanes) is 2. The standard InChI is InChI=1S/C25H40Si/c1-9-11-12-13-22-14-15-23(16(3)10-2)25(22)26-24-20(7)18(5)17(4)19(6)21(24)8/h14-16,22H,9-13,26H2,1-8H3. The fourth-order valence-corrected chi connectivity index (χ4v) is 7.22. The van der Waals surface area contributed by atoms with Crippen LogP contribution in [0.15, 0.2) is 22.9 Å². The molecular weight excluding hydrogens is 328 g/mol. The van der Waals surface area contributed by atoms with Crippen molar-refractivity contribution in [1.82, 2.24) is 0 Å². The monoisotopic (exact) mass is 368 g/mol. The molecule has 0 saturated carbocycles. The van der Waals surface area contributed by atoms with Crippen molar-refractivity contribution in [1.29, 1.82) is 0 Å². The molecule has 2 unspecified atom stereocenters. The molecule has 2 rings (SSSR count). The van der Waals surface area contributed by atoms with E-state index in [-0.39, 0.29) is 0 Å². The van der Waals surface area contributed by atoms with E-state index in [0.29, 0.717) is 5.92 Å². The highest BCUT2D eigenvalue weighted by Crippen LogP contribution is 2.34. The molecule has 144 valence electrons. The van der Waals surface area contributed by atoms with Gasteiger partial charge in [-0.3, -0.25) is 0 Å². The Morgan fingerprint density at radius 2 is 1.46 bits per heavy atom. The van der Waals surface area contributed by atoms with Gasteiger partial charge in [-0.2, -0.15) is 0 Å². The number of rotatable bonds is 8. The fraction of sp³-hybridized carbons (Fsp3) is 0.600. The molecule has 1 aliphatic carbocycles. The Bertz CT molecular complexity index is 676. The van der Waals surface area contributed by atoms with Crippen molar-refractivity contribution in [3.8, 4) is 0 Å². The van der Waals surface area contributed by atoms with Gasteiger partial charge in [0.15, 0.2) is 0 Å². The minimum atomic E-state index is -0.416. The second-order valence-corrected chi connectivity index (χ2v) is 10.4. The first-order valence-electron chi connectivity index (χ1n) is 10.8. The summed E-state index contributed by atoms with van der Waals surface area (Å²) in [6.45, 7) is 18.8. The van der Waals surface area contributed by atoms with Gasteiger partial charge in [0.25, 0.3) is 0 Å². The van der Waals surface area contributed by atoms with Gasteiger partial charge in [0.05, 0.1) is 9.52 Å². The lowest BCUT2D eigenvalue weighted by Crippen LogP contribution is -2.28. The van der Waals surface area contributed by atoms with Crippen molar-refractivity contribution in [3.63, 3.8) is 0 Å². The van der Waals surface area contributed by atoms with E-state index in [1.165, 1.54) is 48.8 Å². The van der Waals surface area contributed by atoms with Crippen LogP contribution in [0.1, 0.15) is 80.7 Å². The largest absolute Gasteiger partial charge is 0.0842 e. The topological polar surface area (TPSA) is 0 Å². The zero-order chi connectivity index (χ0) is 19.4. The summed E-state index contributed by atoms with van der Waals surface area (Å²) in [5.74, 6) is 1.43. The molecule has 0 aliphatic heterocycles. The van der Waals surface area contributed by atoms with Gasteiger partial charge in [-0.25, -0.2) is 0 Å². The van der Waals surface area contributed by atoms with Crippen LogP contribution < -0.4 is 5.19 Å². The summed E-state index contributed by atoms with van der Waals surface area (Å²) in [6, 6.07) is 0. The lowest BCUT2D eigenvalue weighted by Gasteiger charge is -2.23. The van der Waals surface area contributed by atoms with Gasteiger partial charge in [-0.1, -0.05) is 62.6 Å². The third kappa shape index (κ3) is 4.25. The molecule has 1 aromatic carbocycles. The molecule has 0 aromatic heterocycles. The van der Waals surface area contributed by atoms with Crippen LogP contribution in [0.5, 0.6) is 0 Å². The van der Waals surface area contributed by atoms with E-state index < -0.39 is 9.52 Å². The molecular formula is C25H40Si. The van der Waals surface area contributed by atoms with Crippen molar-refractivity contribution < 1.29 is 0 Å². The minimum absolute atomic E-state index is 0.416. The van der Waals surface area contributed by atoms with E-state index in [1.54, 1.807) is 21.9 Å². The van der Waals surface area contributed by atoms with Crippen LogP contribution in [0.25, 0.3) is 0 Å². The highest BCUT2D eigenvalue weighted by Gasteiger charge is 2.25. The van der Waals surface area contributed by atoms with E-state index in [1.807, 2.05) is 5.20 Å². The number of allylic oxidation sites excluding steroid dienone is 4. The zero-order valence-electron chi connectivity index (χ0n) is 18.6. The number of hydrogen-bond donors (Lipinski definition) is 0. The van der Waals surface area contributed by atoms with E-state index in [0.717, 1.165) is 5.92 Å². The van der Waals surface area contributed by atoms with E-state index in [2.05, 4.69) is 67.5 Å². The summed E-state index contributed by atoms with van der Waals surface area (Å²) in [5.41, 5.74) is 9.39. The SMILES string of the molecule is CCCCCC1C=CC(C(C)CC)=C1[SiH2]c1c(C)c(C)c(C)c(C)c1C. The third-order valence-electron chi connectivity index (χ3n) is 7.11. The van der Waals surface area contributed by atoms with Crippen molar-refractivity contribution in [2.45, 2.75) is 87.5 Å². The van der Waals surface area contributed by atoms with Crippen molar-refractivity contribution in [2.75, 3.05) is 0 Å². The van der Waals surface area contributed by atoms with Gasteiger partial charge >= 0.3 is 0 Å². The molecule has 1 aromatic rings. The molecule has 0 heterocycles. The predicted octanol–water partition coefficient (Wildman–Crippen LogP) is 6.09. The summed E-state index contributed by atoms with van der Waals surface area (Å²) in [4.78, 5) is 0. The average molecular weight is 369 g/mol. The molecule has 0 radical (unpaired) electrons. The van der Waals surface area contributed by atoms with Gasteiger partial charge in [0.1, 0.15) is 0 Å². The molecule has 2 atom stereocenters. The van der Waals surface area contributed by atoms with Crippen LogP contribution in [0, 0.1) is 46.5 Å². The molecule has 0 nitrogen and oxygen atoms in total. The second kappa shape index (κ2) is 9.22. The third-order valence-corrected chi connectivity index (χ3v) is 9.84. The Hall–Kier alpha value is -1.08. The van der Waals surface area contributed by atoms with Gasteiger partial charge in [0, 0.05) is 0 Å². The Morgan fingerprint density at radius 3 is 2.00 bits per heavy atom. The van der Waals surface area contributed by atoms with Gasteiger partial charge in [0.2, 0.25) is 0 Å². The molecule has 26 heavy (non-hydrogen) atoms. The predicted molar refractivity (Wildman–Crippen MR) is 122 cm³/mol. The summed E-state index contributed by atoms with van der Waals surface area (Å²) < 4.78 is 0. The van der Waals surface area contributed by atoms with Crippen LogP contribution in [0.2, 0.25) is 0 Å². The van der Waals surface area contributed by atoms with Crippen LogP contribution >= 0.6 is 0 Å². The number of benzene rings is 1. The van der Waals surface area contributed by atoms with Crippen LogP contribution in [0.3, 0.4) is 0 Å². The number of hydrogen-bond acceptors (Lipinski definition) is 0. The maximum Gasteiger partial charge on any atom is 0.0842 e. The smallest absolute Gasteiger partial charge is 0.0775 e. The molecule has 0 N–H and O–H groups in total. The van der Waals surface area contributed by atoms with Gasteiger partial charge in [-0.15, -0.1) is 0 Å². The van der Waals surface area contributed by atoms with Crippen molar-refractivity contribution in [3.05, 3.63) is 50.7 Å². The van der Waals surface area contributed by atoms with Crippen LogP contribution in [-0.2, 0) is 0 Å². The van der Waals surface area contributed by atoms with E-state index in [4.69, 9.17) is 0 Å². The molecule has 1 aliphatic rings. The minimum Gasteiger partial charge on any atom is -0.0775 e. The van der Waals surface area contributed by atoms with Crippen LogP contribution in [-0.4, -0.2) is 9.52 Å². The quantitative estimate of drug-likeness (QED) is 0.385. The maximum atomic E-state index is 2.54. The Kier molecular flexibility index (Phi) is 7.52. The summed E-state index contributed by atoms with van der Waals surface area (Å²) in [6.07, 6.45) is 11.7.